The number of hydrogen-bond donors (Lipinski definition) is 1. The molecule has 2 N–H and O–H groups in total. The molecule has 146 valence electrons. The van der Waals surface area contributed by atoms with Gasteiger partial charge < -0.3 is 10.6 Å². The first-order valence-electron chi connectivity index (χ1n) is 9.39. The number of nitrogens with two attached hydrogens (primary N) is 1. The Bertz CT molecular complexity index is 1200. The second kappa shape index (κ2) is 6.80. The van der Waals surface area contributed by atoms with E-state index in [4.69, 9.17) is 10.8 Å². The zero-order valence-electron chi connectivity index (χ0n) is 15.5. The minimum Gasteiger partial charge on any atom is -0.384 e. The van der Waals surface area contributed by atoms with Crippen molar-refractivity contribution in [1.29, 1.82) is 0 Å². The van der Waals surface area contributed by atoms with Crippen molar-refractivity contribution in [3.63, 3.8) is 0 Å². The van der Waals surface area contributed by atoms with E-state index in [-0.39, 0.29) is 6.04 Å². The van der Waals surface area contributed by atoms with Crippen LogP contribution in [0.25, 0.3) is 17.0 Å². The number of nitrogen functional groups attached to an aromatic ring is 1. The molecule has 3 aromatic heterocycles. The fourth-order valence-electron chi connectivity index (χ4n) is 3.92. The van der Waals surface area contributed by atoms with Crippen molar-refractivity contribution in [2.45, 2.75) is 18.9 Å². The highest BCUT2D eigenvalue weighted by Gasteiger charge is 2.30. The number of fused-ring (bicyclic) bond motifs is 1. The van der Waals surface area contributed by atoms with Crippen molar-refractivity contribution in [3.8, 4) is 11.4 Å². The lowest BCUT2D eigenvalue weighted by atomic mass is 10.0. The summed E-state index contributed by atoms with van der Waals surface area (Å²) in [6.07, 6.45) is 3.29. The molecule has 0 spiro atoms. The van der Waals surface area contributed by atoms with Crippen LogP contribution in [0.5, 0.6) is 0 Å². The normalized spacial score (nSPS) is 16.6. The van der Waals surface area contributed by atoms with Gasteiger partial charge in [0.05, 0.1) is 17.9 Å². The highest BCUT2D eigenvalue weighted by Crippen LogP contribution is 2.36. The number of pyridine rings is 1. The SMILES string of the molecule is Nc1cccc(-c2cnc3ccc(N4CCC[C@@H]4c4cc(F)ccc4F)nn23)n1. The highest BCUT2D eigenvalue weighted by atomic mass is 19.1. The molecular formula is C21H18F2N6. The average molecular weight is 392 g/mol. The van der Waals surface area contributed by atoms with Gasteiger partial charge in [-0.1, -0.05) is 6.07 Å². The van der Waals surface area contributed by atoms with Crippen molar-refractivity contribution in [3.05, 3.63) is 71.9 Å². The minimum absolute atomic E-state index is 0.270. The van der Waals surface area contributed by atoms with Crippen LogP contribution in [-0.4, -0.2) is 26.1 Å². The van der Waals surface area contributed by atoms with Gasteiger partial charge in [-0.15, -0.1) is 5.10 Å². The van der Waals surface area contributed by atoms with Gasteiger partial charge in [-0.05, 0) is 55.3 Å². The van der Waals surface area contributed by atoms with E-state index in [9.17, 15) is 8.78 Å². The van der Waals surface area contributed by atoms with Crippen LogP contribution in [0.1, 0.15) is 24.4 Å². The summed E-state index contributed by atoms with van der Waals surface area (Å²) in [7, 11) is 0. The van der Waals surface area contributed by atoms with Crippen LogP contribution in [-0.2, 0) is 0 Å². The second-order valence-electron chi connectivity index (χ2n) is 7.07. The number of halogens is 2. The summed E-state index contributed by atoms with van der Waals surface area (Å²) >= 11 is 0. The van der Waals surface area contributed by atoms with E-state index in [0.29, 0.717) is 40.8 Å². The summed E-state index contributed by atoms with van der Waals surface area (Å²) in [5.74, 6) is 0.236. The molecule has 1 aliphatic heterocycles. The third kappa shape index (κ3) is 3.06. The molecule has 4 aromatic rings. The van der Waals surface area contributed by atoms with Gasteiger partial charge in [0.1, 0.15) is 29.0 Å². The Kier molecular flexibility index (Phi) is 4.12. The highest BCUT2D eigenvalue weighted by molar-refractivity contribution is 5.62. The van der Waals surface area contributed by atoms with Gasteiger partial charge in [0.2, 0.25) is 0 Å². The van der Waals surface area contributed by atoms with Gasteiger partial charge in [0.15, 0.2) is 5.65 Å². The standard InChI is InChI=1S/C21H18F2N6/c22-13-6-7-15(23)14(11-13)17-4-2-10-28(17)21-9-8-20-25-12-18(29(20)27-21)16-3-1-5-19(24)26-16/h1,3,5-9,11-12,17H,2,4,10H2,(H2,24,26)/t17-/m1/s1. The summed E-state index contributed by atoms with van der Waals surface area (Å²) in [6, 6.07) is 12.4. The molecule has 4 heterocycles. The Morgan fingerprint density at radius 2 is 1.97 bits per heavy atom. The maximum Gasteiger partial charge on any atom is 0.154 e. The number of aromatic nitrogens is 4. The zero-order chi connectivity index (χ0) is 20.0. The van der Waals surface area contributed by atoms with Crippen LogP contribution in [0.2, 0.25) is 0 Å². The van der Waals surface area contributed by atoms with Gasteiger partial charge in [0, 0.05) is 12.1 Å². The van der Waals surface area contributed by atoms with E-state index < -0.39 is 11.6 Å². The lowest BCUT2D eigenvalue weighted by molar-refractivity contribution is 0.559. The van der Waals surface area contributed by atoms with Crippen LogP contribution in [0.3, 0.4) is 0 Å². The Labute approximate surface area is 165 Å². The van der Waals surface area contributed by atoms with Crippen molar-refractivity contribution >= 4 is 17.3 Å². The molecular weight excluding hydrogens is 374 g/mol. The topological polar surface area (TPSA) is 72.3 Å². The predicted octanol–water partition coefficient (Wildman–Crippen LogP) is 3.99. The maximum absolute atomic E-state index is 14.4. The first-order valence-corrected chi connectivity index (χ1v) is 9.39. The van der Waals surface area contributed by atoms with E-state index in [1.54, 1.807) is 16.8 Å². The molecule has 0 amide bonds. The van der Waals surface area contributed by atoms with Crippen LogP contribution in [0, 0.1) is 11.6 Å². The van der Waals surface area contributed by atoms with Gasteiger partial charge in [-0.25, -0.2) is 23.3 Å². The summed E-state index contributed by atoms with van der Waals surface area (Å²) < 4.78 is 29.8. The summed E-state index contributed by atoms with van der Waals surface area (Å²) in [5, 5.41) is 4.73. The molecule has 5 rings (SSSR count). The van der Waals surface area contributed by atoms with Gasteiger partial charge in [-0.3, -0.25) is 0 Å². The monoisotopic (exact) mass is 392 g/mol. The number of imidazole rings is 1. The lowest BCUT2D eigenvalue weighted by Gasteiger charge is -2.26. The molecule has 0 aliphatic carbocycles. The summed E-state index contributed by atoms with van der Waals surface area (Å²) in [5.41, 5.74) is 8.21. The summed E-state index contributed by atoms with van der Waals surface area (Å²) in [6.45, 7) is 0.708. The number of rotatable bonds is 3. The number of benzene rings is 1. The molecule has 1 atom stereocenters. The second-order valence-corrected chi connectivity index (χ2v) is 7.07. The Morgan fingerprint density at radius 1 is 1.07 bits per heavy atom. The molecule has 6 nitrogen and oxygen atoms in total. The number of anilines is 2. The largest absolute Gasteiger partial charge is 0.384 e. The van der Waals surface area contributed by atoms with Gasteiger partial charge in [-0.2, -0.15) is 0 Å². The third-order valence-electron chi connectivity index (χ3n) is 5.25. The van der Waals surface area contributed by atoms with E-state index in [1.165, 1.54) is 12.1 Å². The summed E-state index contributed by atoms with van der Waals surface area (Å²) in [4.78, 5) is 10.7. The molecule has 0 radical (unpaired) electrons. The fourth-order valence-corrected chi connectivity index (χ4v) is 3.92. The minimum atomic E-state index is -0.443. The van der Waals surface area contributed by atoms with Crippen LogP contribution >= 0.6 is 0 Å². The molecule has 1 aliphatic rings. The first-order chi connectivity index (χ1) is 14.1. The molecule has 0 saturated carbocycles. The van der Waals surface area contributed by atoms with Crippen molar-refractivity contribution < 1.29 is 8.78 Å². The predicted molar refractivity (Wildman–Crippen MR) is 106 cm³/mol. The van der Waals surface area contributed by atoms with E-state index >= 15 is 0 Å². The quantitative estimate of drug-likeness (QED) is 0.571. The molecule has 0 bridgehead atoms. The molecule has 8 heteroatoms. The zero-order valence-corrected chi connectivity index (χ0v) is 15.5. The number of nitrogens with zero attached hydrogens (tertiary/aromatic N) is 5. The lowest BCUT2D eigenvalue weighted by Crippen LogP contribution is -2.25. The van der Waals surface area contributed by atoms with E-state index in [1.807, 2.05) is 29.2 Å². The van der Waals surface area contributed by atoms with Gasteiger partial charge in [0.25, 0.3) is 0 Å². The maximum atomic E-state index is 14.4. The Balaban J connectivity index is 1.58. The van der Waals surface area contributed by atoms with Crippen molar-refractivity contribution in [2.75, 3.05) is 17.2 Å². The molecule has 1 fully saturated rings. The Morgan fingerprint density at radius 3 is 2.83 bits per heavy atom. The smallest absolute Gasteiger partial charge is 0.154 e. The van der Waals surface area contributed by atoms with Crippen LogP contribution in [0.15, 0.2) is 54.7 Å². The molecule has 1 saturated heterocycles. The average Bonchev–Trinajstić information content (AvgIpc) is 3.36. The molecule has 0 unspecified atom stereocenters. The van der Waals surface area contributed by atoms with Crippen LogP contribution in [0.4, 0.5) is 20.4 Å². The van der Waals surface area contributed by atoms with Gasteiger partial charge >= 0.3 is 0 Å². The Hall–Kier alpha value is -3.55. The fraction of sp³-hybridized carbons (Fsp3) is 0.190. The van der Waals surface area contributed by atoms with E-state index in [0.717, 1.165) is 18.9 Å². The molecule has 29 heavy (non-hydrogen) atoms. The van der Waals surface area contributed by atoms with Crippen molar-refractivity contribution in [1.82, 2.24) is 19.6 Å². The van der Waals surface area contributed by atoms with E-state index in [2.05, 4.69) is 9.97 Å². The third-order valence-corrected chi connectivity index (χ3v) is 5.25. The van der Waals surface area contributed by atoms with Crippen LogP contribution < -0.4 is 10.6 Å². The molecule has 1 aromatic carbocycles. The van der Waals surface area contributed by atoms with Crippen molar-refractivity contribution in [2.24, 2.45) is 0 Å². The number of hydrogen-bond acceptors (Lipinski definition) is 5. The first kappa shape index (κ1) is 17.5.